The molecule has 0 fully saturated rings. The molecule has 0 bridgehead atoms. The second kappa shape index (κ2) is 4.63. The molecule has 0 aliphatic heterocycles. The monoisotopic (exact) mass is 314 g/mol. The summed E-state index contributed by atoms with van der Waals surface area (Å²) in [5.74, 6) is 0.124. The average molecular weight is 315 g/mol. The molecule has 1 aromatic carbocycles. The Labute approximate surface area is 129 Å². The molecule has 110 valence electrons. The van der Waals surface area contributed by atoms with Gasteiger partial charge in [0.1, 0.15) is 11.0 Å². The molecule has 0 saturated heterocycles. The van der Waals surface area contributed by atoms with E-state index in [1.54, 1.807) is 6.33 Å². The van der Waals surface area contributed by atoms with Crippen molar-refractivity contribution in [1.82, 2.24) is 34.9 Å². The largest absolute Gasteiger partial charge is 0.368 e. The SMILES string of the molecule is CC(c1ccc2[nH]nnc2c1)n1cnc2c(Cl)nc(N)nc21. The highest BCUT2D eigenvalue weighted by molar-refractivity contribution is 6.33. The van der Waals surface area contributed by atoms with Crippen LogP contribution < -0.4 is 5.73 Å². The third-order valence-corrected chi connectivity index (χ3v) is 3.91. The number of rotatable bonds is 2. The van der Waals surface area contributed by atoms with Crippen LogP contribution in [0, 0.1) is 0 Å². The molecule has 22 heavy (non-hydrogen) atoms. The van der Waals surface area contributed by atoms with Crippen LogP contribution >= 0.6 is 11.6 Å². The summed E-state index contributed by atoms with van der Waals surface area (Å²) in [5, 5.41) is 10.9. The van der Waals surface area contributed by atoms with E-state index in [0.717, 1.165) is 16.6 Å². The Bertz CT molecular complexity index is 988. The van der Waals surface area contributed by atoms with Gasteiger partial charge in [0.15, 0.2) is 10.8 Å². The third-order valence-electron chi connectivity index (χ3n) is 3.65. The van der Waals surface area contributed by atoms with Gasteiger partial charge >= 0.3 is 0 Å². The number of nitrogens with two attached hydrogens (primary N) is 1. The molecule has 4 rings (SSSR count). The number of aromatic amines is 1. The number of nitrogen functional groups attached to an aromatic ring is 1. The minimum atomic E-state index is -0.0172. The van der Waals surface area contributed by atoms with Gasteiger partial charge in [-0.25, -0.2) is 4.98 Å². The number of hydrogen-bond donors (Lipinski definition) is 2. The number of aromatic nitrogens is 7. The van der Waals surface area contributed by atoms with Gasteiger partial charge in [-0.1, -0.05) is 22.9 Å². The molecule has 0 radical (unpaired) electrons. The average Bonchev–Trinajstić information content (AvgIpc) is 3.11. The van der Waals surface area contributed by atoms with Crippen molar-refractivity contribution in [2.24, 2.45) is 0 Å². The third kappa shape index (κ3) is 1.88. The zero-order valence-electron chi connectivity index (χ0n) is 11.5. The van der Waals surface area contributed by atoms with E-state index in [4.69, 9.17) is 17.3 Å². The van der Waals surface area contributed by atoms with Crippen LogP contribution in [-0.4, -0.2) is 34.9 Å². The fourth-order valence-electron chi connectivity index (χ4n) is 2.46. The van der Waals surface area contributed by atoms with Crippen molar-refractivity contribution in [3.8, 4) is 0 Å². The minimum absolute atomic E-state index is 0.0172. The lowest BCUT2D eigenvalue weighted by molar-refractivity contribution is 0.653. The molecule has 0 aliphatic carbocycles. The molecular weight excluding hydrogens is 304 g/mol. The summed E-state index contributed by atoms with van der Waals surface area (Å²) in [5.41, 5.74) is 9.56. The molecule has 4 aromatic rings. The van der Waals surface area contributed by atoms with Gasteiger partial charge in [0.25, 0.3) is 0 Å². The summed E-state index contributed by atoms with van der Waals surface area (Å²) in [6.07, 6.45) is 1.68. The number of halogens is 1. The standard InChI is InChI=1S/C13H11ClN8/c1-6(7-2-3-8-9(4-7)20-21-19-8)22-5-16-10-11(14)17-13(15)18-12(10)22/h2-6H,1H3,(H2,15,17,18)(H,19,20,21). The highest BCUT2D eigenvalue weighted by Gasteiger charge is 2.16. The molecule has 1 unspecified atom stereocenters. The Hall–Kier alpha value is -2.74. The van der Waals surface area contributed by atoms with E-state index >= 15 is 0 Å². The predicted octanol–water partition coefficient (Wildman–Crippen LogP) is 1.94. The van der Waals surface area contributed by atoms with E-state index in [2.05, 4.69) is 30.4 Å². The Balaban J connectivity index is 1.86. The highest BCUT2D eigenvalue weighted by atomic mass is 35.5. The van der Waals surface area contributed by atoms with Crippen molar-refractivity contribution in [3.05, 3.63) is 35.2 Å². The summed E-state index contributed by atoms with van der Waals surface area (Å²) < 4.78 is 1.90. The lowest BCUT2D eigenvalue weighted by Crippen LogP contribution is -2.07. The first-order chi connectivity index (χ1) is 10.6. The zero-order chi connectivity index (χ0) is 15.3. The van der Waals surface area contributed by atoms with E-state index < -0.39 is 0 Å². The van der Waals surface area contributed by atoms with Crippen molar-refractivity contribution in [3.63, 3.8) is 0 Å². The van der Waals surface area contributed by atoms with Gasteiger partial charge in [-0.05, 0) is 24.6 Å². The summed E-state index contributed by atoms with van der Waals surface area (Å²) in [4.78, 5) is 12.4. The van der Waals surface area contributed by atoms with Gasteiger partial charge < -0.3 is 10.3 Å². The number of benzene rings is 1. The van der Waals surface area contributed by atoms with Gasteiger partial charge in [0.05, 0.1) is 17.9 Å². The maximum Gasteiger partial charge on any atom is 0.223 e. The normalized spacial score (nSPS) is 13.0. The number of nitrogens with zero attached hydrogens (tertiary/aromatic N) is 6. The first kappa shape index (κ1) is 13.0. The van der Waals surface area contributed by atoms with Crippen LogP contribution in [0.1, 0.15) is 18.5 Å². The fourth-order valence-corrected chi connectivity index (χ4v) is 2.68. The van der Waals surface area contributed by atoms with Gasteiger partial charge in [0.2, 0.25) is 5.95 Å². The van der Waals surface area contributed by atoms with Crippen molar-refractivity contribution in [2.45, 2.75) is 13.0 Å². The van der Waals surface area contributed by atoms with Crippen LogP contribution in [0.5, 0.6) is 0 Å². The van der Waals surface area contributed by atoms with Crippen LogP contribution in [0.15, 0.2) is 24.5 Å². The zero-order valence-corrected chi connectivity index (χ0v) is 12.3. The molecule has 0 amide bonds. The van der Waals surface area contributed by atoms with Crippen LogP contribution in [0.2, 0.25) is 5.15 Å². The minimum Gasteiger partial charge on any atom is -0.368 e. The molecule has 0 saturated carbocycles. The van der Waals surface area contributed by atoms with Gasteiger partial charge in [-0.15, -0.1) is 5.10 Å². The number of H-pyrrole nitrogens is 1. The van der Waals surface area contributed by atoms with Crippen molar-refractivity contribution in [2.75, 3.05) is 5.73 Å². The quantitative estimate of drug-likeness (QED) is 0.547. The summed E-state index contributed by atoms with van der Waals surface area (Å²) in [6, 6.07) is 5.90. The molecule has 1 atom stereocenters. The summed E-state index contributed by atoms with van der Waals surface area (Å²) >= 11 is 6.06. The molecule has 3 heterocycles. The van der Waals surface area contributed by atoms with Gasteiger partial charge in [0, 0.05) is 0 Å². The topological polar surface area (TPSA) is 111 Å². The van der Waals surface area contributed by atoms with Crippen molar-refractivity contribution in [1.29, 1.82) is 0 Å². The first-order valence-electron chi connectivity index (χ1n) is 6.60. The second-order valence-electron chi connectivity index (χ2n) is 4.96. The number of hydrogen-bond acceptors (Lipinski definition) is 6. The van der Waals surface area contributed by atoms with Gasteiger partial charge in [-0.2, -0.15) is 9.97 Å². The Kier molecular flexibility index (Phi) is 2.73. The molecule has 3 aromatic heterocycles. The molecule has 9 heteroatoms. The van der Waals surface area contributed by atoms with E-state index in [1.165, 1.54) is 0 Å². The van der Waals surface area contributed by atoms with Crippen LogP contribution in [-0.2, 0) is 0 Å². The molecule has 0 aliphatic rings. The van der Waals surface area contributed by atoms with E-state index in [9.17, 15) is 0 Å². The van der Waals surface area contributed by atoms with Crippen molar-refractivity contribution >= 4 is 39.7 Å². The maximum absolute atomic E-state index is 6.06. The molecular formula is C13H11ClN8. The lowest BCUT2D eigenvalue weighted by Gasteiger charge is -2.14. The highest BCUT2D eigenvalue weighted by Crippen LogP contribution is 2.26. The van der Waals surface area contributed by atoms with Crippen molar-refractivity contribution < 1.29 is 0 Å². The molecule has 3 N–H and O–H groups in total. The Morgan fingerprint density at radius 2 is 2.18 bits per heavy atom. The summed E-state index contributed by atoms with van der Waals surface area (Å²) in [6.45, 7) is 2.04. The van der Waals surface area contributed by atoms with Crippen LogP contribution in [0.25, 0.3) is 22.2 Å². The number of nitrogens with one attached hydrogen (secondary N) is 1. The Morgan fingerprint density at radius 1 is 1.32 bits per heavy atom. The number of anilines is 1. The lowest BCUT2D eigenvalue weighted by atomic mass is 10.1. The van der Waals surface area contributed by atoms with E-state index in [-0.39, 0.29) is 17.1 Å². The van der Waals surface area contributed by atoms with Crippen LogP contribution in [0.4, 0.5) is 5.95 Å². The van der Waals surface area contributed by atoms with E-state index in [0.29, 0.717) is 11.2 Å². The Morgan fingerprint density at radius 3 is 3.05 bits per heavy atom. The molecule has 8 nitrogen and oxygen atoms in total. The maximum atomic E-state index is 6.06. The first-order valence-corrected chi connectivity index (χ1v) is 6.97. The van der Waals surface area contributed by atoms with E-state index in [1.807, 2.05) is 29.7 Å². The second-order valence-corrected chi connectivity index (χ2v) is 5.32. The summed E-state index contributed by atoms with van der Waals surface area (Å²) in [7, 11) is 0. The fraction of sp³-hybridized carbons (Fsp3) is 0.154. The predicted molar refractivity (Wildman–Crippen MR) is 82.4 cm³/mol. The number of imidazole rings is 1. The molecule has 0 spiro atoms. The van der Waals surface area contributed by atoms with Crippen LogP contribution in [0.3, 0.4) is 0 Å². The number of fused-ring (bicyclic) bond motifs is 2. The van der Waals surface area contributed by atoms with Gasteiger partial charge in [-0.3, -0.25) is 5.10 Å². The smallest absolute Gasteiger partial charge is 0.223 e.